The van der Waals surface area contributed by atoms with Crippen LogP contribution in [0.2, 0.25) is 29.2 Å². The molecule has 0 unspecified atom stereocenters. The Hall–Kier alpha value is -9.33. The van der Waals surface area contributed by atoms with Crippen LogP contribution in [-0.2, 0) is 52.6 Å². The number of para-hydroxylation sites is 4. The quantitative estimate of drug-likeness (QED) is 0.0121. The van der Waals surface area contributed by atoms with Crippen molar-refractivity contribution in [3.63, 3.8) is 0 Å². The van der Waals surface area contributed by atoms with Gasteiger partial charge in [-0.2, -0.15) is 0 Å². The van der Waals surface area contributed by atoms with E-state index in [4.69, 9.17) is 80.2 Å². The average molecular weight is 1760 g/mol. The molecule has 0 atom stereocenters. The summed E-state index contributed by atoms with van der Waals surface area (Å²) in [6.07, 6.45) is 27.6. The van der Waals surface area contributed by atoms with Crippen molar-refractivity contribution in [3.05, 3.63) is 328 Å². The number of nitrogens with one attached hydrogen (secondary N) is 1. The number of ether oxygens (including phenoxy) is 4. The van der Waals surface area contributed by atoms with Gasteiger partial charge in [-0.05, 0) is 203 Å². The van der Waals surface area contributed by atoms with E-state index in [0.29, 0.717) is 53.7 Å². The molecule has 0 amide bonds. The monoisotopic (exact) mass is 1760 g/mol. The van der Waals surface area contributed by atoms with E-state index < -0.39 is 30.3 Å². The fourth-order valence-electron chi connectivity index (χ4n) is 11.1. The molecule has 3 saturated heterocycles. The molecule has 8 heterocycles. The molecule has 0 saturated carbocycles. The standard InChI is InChI=1S/C18H23N3O.C14H10O4.C13H12N2O.C11H9ClN2O.C6H6O.C5H4Cl2N2.C5H5ClN2.C5H11N.3C4H9.C2H3.Sn/c1-3-7-17(8-4-1)22-15-16-9-11-19-18(20-16)10-14-21-12-5-2-6-13-21;15-13(11-7-3-1-4-8-11)16-14(17-18-14)12-9-5-2-6-10-12;1-2-13-14-9-8-11(15-13)10-16-12-6-4-3-5-7-12;12-11-13-7-6-9(14-11)8-15-10-4-2-1-3-5-10;7-6-4-2-1-3-5-6;6-3-4-1-2-8-5(7)9-4;1-4-2-3-7-5(6)8-4;1-2-4-6-5-3-1;3*1-3-4-2;1-2;/h1,3-4,7-9,11H,2,5-6,10,12-15H2;1-10H;2-9H,1,10H2;1-7H,8H2;1-5,7H;1-2H,3H2;2-3H,1H3;6H,1-5H2;3*1,3-4H2,2H3;1H,2H2;. The molecular weight excluding hydrogens is 1650 g/mol. The third kappa shape index (κ3) is 41.5. The van der Waals surface area contributed by atoms with E-state index in [9.17, 15) is 4.79 Å². The SMILES string of the molecule is C1CCNCC1.C=Cc1nccc(COc2ccccc2)n1.C=[CH][Sn]([CH2]CCC)([CH2]CCC)[CH2]CCC.Cc1ccnc(Cl)n1.ClCc1ccnc(Cl)n1.Clc1nccc(COc2ccccc2)n1.O=C(OC1(c2ccccc2)OO1)c1ccccc1.Oc1ccccc1.c1ccc(OCc2ccnc(CCN3CCCCC3)n2)cc1. The molecule has 3 aliphatic rings. The van der Waals surface area contributed by atoms with Crippen LogP contribution in [0, 0.1) is 6.92 Å². The molecule has 2 N–H and O–H groups in total. The van der Waals surface area contributed by atoms with E-state index in [1.54, 1.807) is 123 Å². The fraction of sp³-hybridized carbons (Fsp3) is 0.330. The maximum atomic E-state index is 11.9. The van der Waals surface area contributed by atoms with Gasteiger partial charge in [0.15, 0.2) is 5.82 Å². The van der Waals surface area contributed by atoms with Gasteiger partial charge >= 0.3 is 114 Å². The third-order valence-electron chi connectivity index (χ3n) is 17.5. The van der Waals surface area contributed by atoms with Gasteiger partial charge in [-0.25, -0.2) is 54.6 Å². The Balaban J connectivity index is 0.000000208. The Bertz CT molecular complexity index is 4360. The predicted molar refractivity (Wildman–Crippen MR) is 468 cm³/mol. The molecule has 3 fully saturated rings. The molecular formula is C91H110Cl4N12O8Sn. The minimum absolute atomic E-state index is 0.240. The van der Waals surface area contributed by atoms with E-state index in [-0.39, 0.29) is 10.6 Å². The predicted octanol–water partition coefficient (Wildman–Crippen LogP) is 22.1. The summed E-state index contributed by atoms with van der Waals surface area (Å²) >= 11 is 20.1. The summed E-state index contributed by atoms with van der Waals surface area (Å²) in [5.74, 6) is 2.88. The number of nitrogens with zero attached hydrogens (tertiary/aromatic N) is 11. The first-order valence-corrected chi connectivity index (χ1v) is 48.8. The van der Waals surface area contributed by atoms with E-state index >= 15 is 0 Å². The van der Waals surface area contributed by atoms with Crippen molar-refractivity contribution in [1.29, 1.82) is 0 Å². The fourth-order valence-corrected chi connectivity index (χ4v) is 24.7. The van der Waals surface area contributed by atoms with Gasteiger partial charge in [-0.1, -0.05) is 129 Å². The van der Waals surface area contributed by atoms with Crippen molar-refractivity contribution >= 4 is 76.8 Å². The zero-order valence-electron chi connectivity index (χ0n) is 67.1. The van der Waals surface area contributed by atoms with Crippen molar-refractivity contribution in [1.82, 2.24) is 60.1 Å². The number of aromatic nitrogens is 10. The normalized spacial score (nSPS) is 12.7. The molecule has 11 aromatic rings. The van der Waals surface area contributed by atoms with Gasteiger partial charge in [0.05, 0.1) is 39.8 Å². The molecule has 14 rings (SSSR count). The Morgan fingerprint density at radius 2 is 0.922 bits per heavy atom. The molecule has 3 aliphatic heterocycles. The van der Waals surface area contributed by atoms with Gasteiger partial charge < -0.3 is 34.3 Å². The number of esters is 1. The second kappa shape index (κ2) is 58.5. The number of hydrogen-bond acceptors (Lipinski definition) is 20. The van der Waals surface area contributed by atoms with E-state index in [0.717, 1.165) is 64.5 Å². The molecule has 116 heavy (non-hydrogen) atoms. The largest absolute Gasteiger partial charge is 0.508 e. The Morgan fingerprint density at radius 3 is 1.31 bits per heavy atom. The summed E-state index contributed by atoms with van der Waals surface area (Å²) in [5.41, 5.74) is 5.28. The second-order valence-corrected chi connectivity index (χ2v) is 41.1. The molecule has 0 bridgehead atoms. The molecule has 614 valence electrons. The summed E-state index contributed by atoms with van der Waals surface area (Å²) in [6, 6.07) is 64.5. The summed E-state index contributed by atoms with van der Waals surface area (Å²) in [5, 5.41) is 12.7. The molecule has 6 aromatic carbocycles. The first kappa shape index (κ1) is 95.5. The number of aryl methyl sites for hydroxylation is 1. The van der Waals surface area contributed by atoms with Gasteiger partial charge in [0.25, 0.3) is 0 Å². The minimum atomic E-state index is -1.85. The topological polar surface area (TPSA) is 243 Å². The van der Waals surface area contributed by atoms with E-state index in [1.807, 2.05) is 147 Å². The Labute approximate surface area is 709 Å². The first-order valence-electron chi connectivity index (χ1n) is 39.4. The van der Waals surface area contributed by atoms with E-state index in [1.165, 1.54) is 103 Å². The van der Waals surface area contributed by atoms with Crippen molar-refractivity contribution < 1.29 is 38.6 Å². The van der Waals surface area contributed by atoms with Crippen LogP contribution in [-0.4, -0.2) is 117 Å². The van der Waals surface area contributed by atoms with E-state index in [2.05, 4.69) is 98.1 Å². The van der Waals surface area contributed by atoms with Gasteiger partial charge in [0.2, 0.25) is 15.9 Å². The summed E-state index contributed by atoms with van der Waals surface area (Å²) in [4.78, 5) is 64.2. The zero-order valence-corrected chi connectivity index (χ0v) is 73.0. The van der Waals surface area contributed by atoms with Crippen LogP contribution in [0.3, 0.4) is 0 Å². The maximum Gasteiger partial charge on any atom is 0.412 e. The molecule has 5 aromatic heterocycles. The van der Waals surface area contributed by atoms with Gasteiger partial charge in [-0.3, -0.25) is 0 Å². The number of piperidine rings is 2. The number of benzene rings is 6. The van der Waals surface area contributed by atoms with Gasteiger partial charge in [0, 0.05) is 49.6 Å². The zero-order chi connectivity index (χ0) is 82.8. The Kier molecular flexibility index (Phi) is 48.2. The number of aromatic hydroxyl groups is 1. The molecule has 25 heteroatoms. The molecule has 0 spiro atoms. The summed E-state index contributed by atoms with van der Waals surface area (Å²) in [6.45, 7) is 24.0. The summed E-state index contributed by atoms with van der Waals surface area (Å²) < 4.78 is 29.2. The number of hydrogen-bond donors (Lipinski definition) is 2. The van der Waals surface area contributed by atoms with Crippen molar-refractivity contribution in [3.8, 4) is 23.0 Å². The number of phenols is 1. The molecule has 0 radical (unpaired) electrons. The minimum Gasteiger partial charge on any atom is -0.508 e. The van der Waals surface area contributed by atoms with Crippen LogP contribution < -0.4 is 19.5 Å². The van der Waals surface area contributed by atoms with Crippen LogP contribution in [0.5, 0.6) is 23.0 Å². The van der Waals surface area contributed by atoms with Crippen LogP contribution in [0.15, 0.2) is 261 Å². The Morgan fingerprint density at radius 1 is 0.509 bits per heavy atom. The van der Waals surface area contributed by atoms with Crippen molar-refractivity contribution in [2.24, 2.45) is 0 Å². The molecule has 20 nitrogen and oxygen atoms in total. The number of carbonyl (C=O) groups excluding carboxylic acids is 1. The van der Waals surface area contributed by atoms with Crippen molar-refractivity contribution in [2.45, 2.75) is 156 Å². The number of likely N-dealkylation sites (tertiary alicyclic amines) is 1. The van der Waals surface area contributed by atoms with Gasteiger partial charge in [-0.15, -0.1) is 21.4 Å². The van der Waals surface area contributed by atoms with Crippen molar-refractivity contribution in [2.75, 3.05) is 32.7 Å². The van der Waals surface area contributed by atoms with Crippen LogP contribution >= 0.6 is 46.4 Å². The number of rotatable bonds is 27. The third-order valence-corrected chi connectivity index (χ3v) is 32.4. The number of carbonyl (C=O) groups is 1. The number of alkyl halides is 1. The van der Waals surface area contributed by atoms with Crippen LogP contribution in [0.4, 0.5) is 0 Å². The maximum absolute atomic E-state index is 11.9. The average Bonchev–Trinajstić information content (AvgIpc) is 1.60. The van der Waals surface area contributed by atoms with Crippen LogP contribution in [0.1, 0.15) is 154 Å². The molecule has 0 aliphatic carbocycles. The smallest absolute Gasteiger partial charge is 0.412 e. The number of phenolic OH excluding ortho intramolecular Hbond substituents is 1. The first-order chi connectivity index (χ1) is 56.7. The summed E-state index contributed by atoms with van der Waals surface area (Å²) in [7, 11) is 0. The number of halogens is 4. The van der Waals surface area contributed by atoms with Crippen LogP contribution in [0.25, 0.3) is 6.08 Å². The second-order valence-electron chi connectivity index (χ2n) is 26.6. The van der Waals surface area contributed by atoms with Gasteiger partial charge in [0.1, 0.15) is 48.6 Å². The number of unbranched alkanes of at least 4 members (excludes halogenated alkanes) is 3.